The maximum Gasteiger partial charge on any atom is 0.230 e. The zero-order valence-corrected chi connectivity index (χ0v) is 17.3. The number of thiophene rings is 1. The third kappa shape index (κ3) is 5.02. The van der Waals surface area contributed by atoms with E-state index in [0.29, 0.717) is 16.8 Å². The molecule has 2 heterocycles. The summed E-state index contributed by atoms with van der Waals surface area (Å²) in [5, 5.41) is 13.2. The third-order valence-corrected chi connectivity index (χ3v) is 6.84. The van der Waals surface area contributed by atoms with Gasteiger partial charge in [-0.1, -0.05) is 61.0 Å². The number of rotatable bonds is 8. The zero-order valence-electron chi connectivity index (χ0n) is 15.6. The number of hydrogen-bond donors (Lipinski definition) is 2. The molecule has 146 valence electrons. The fraction of sp³-hybridized carbons (Fsp3) is 0.381. The highest BCUT2D eigenvalue weighted by molar-refractivity contribution is 7.99. The Morgan fingerprint density at radius 3 is 2.79 bits per heavy atom. The van der Waals surface area contributed by atoms with Crippen molar-refractivity contribution in [3.05, 3.63) is 64.1 Å². The van der Waals surface area contributed by atoms with Crippen LogP contribution in [0.3, 0.4) is 0 Å². The summed E-state index contributed by atoms with van der Waals surface area (Å²) in [6, 6.07) is 14.5. The molecule has 0 saturated heterocycles. The van der Waals surface area contributed by atoms with Crippen LogP contribution < -0.4 is 5.32 Å². The van der Waals surface area contributed by atoms with Gasteiger partial charge in [0, 0.05) is 11.3 Å². The van der Waals surface area contributed by atoms with Crippen molar-refractivity contribution in [1.82, 2.24) is 20.5 Å². The molecule has 28 heavy (non-hydrogen) atoms. The van der Waals surface area contributed by atoms with Crippen molar-refractivity contribution in [3.63, 3.8) is 0 Å². The van der Waals surface area contributed by atoms with Crippen molar-refractivity contribution in [1.29, 1.82) is 0 Å². The number of thioether (sulfide) groups is 1. The maximum atomic E-state index is 12.6. The van der Waals surface area contributed by atoms with Crippen LogP contribution >= 0.6 is 23.1 Å². The predicted molar refractivity (Wildman–Crippen MR) is 114 cm³/mol. The van der Waals surface area contributed by atoms with Crippen LogP contribution in [0, 0.1) is 5.92 Å². The number of carbonyl (C=O) groups is 1. The molecule has 0 radical (unpaired) electrons. The lowest BCUT2D eigenvalue weighted by molar-refractivity contribution is -0.119. The summed E-state index contributed by atoms with van der Waals surface area (Å²) in [5.41, 5.74) is 1.20. The van der Waals surface area contributed by atoms with Gasteiger partial charge in [-0.3, -0.25) is 9.89 Å². The van der Waals surface area contributed by atoms with Crippen LogP contribution in [-0.4, -0.2) is 26.8 Å². The van der Waals surface area contributed by atoms with E-state index in [4.69, 9.17) is 0 Å². The molecule has 7 heteroatoms. The molecule has 1 saturated carbocycles. The molecule has 0 spiro atoms. The molecule has 1 fully saturated rings. The second kappa shape index (κ2) is 9.39. The summed E-state index contributed by atoms with van der Waals surface area (Å²) in [6.07, 6.45) is 5.61. The number of benzene rings is 1. The van der Waals surface area contributed by atoms with Crippen molar-refractivity contribution in [3.8, 4) is 0 Å². The van der Waals surface area contributed by atoms with Gasteiger partial charge in [0.15, 0.2) is 0 Å². The Morgan fingerprint density at radius 1 is 1.21 bits per heavy atom. The minimum atomic E-state index is 0.0374. The van der Waals surface area contributed by atoms with Gasteiger partial charge >= 0.3 is 0 Å². The SMILES string of the molecule is O=C(CSc1n[nH]c(Cc2cccs2)n1)NC(c1ccccc1)C1CCCC1. The van der Waals surface area contributed by atoms with Crippen LogP contribution in [0.5, 0.6) is 0 Å². The molecular weight excluding hydrogens is 388 g/mol. The highest BCUT2D eigenvalue weighted by Crippen LogP contribution is 2.35. The first-order valence-corrected chi connectivity index (χ1v) is 11.6. The van der Waals surface area contributed by atoms with E-state index in [1.54, 1.807) is 11.3 Å². The second-order valence-corrected chi connectivity index (χ2v) is 9.08. The van der Waals surface area contributed by atoms with E-state index in [9.17, 15) is 4.79 Å². The molecule has 2 aromatic heterocycles. The quantitative estimate of drug-likeness (QED) is 0.531. The van der Waals surface area contributed by atoms with Gasteiger partial charge in [0.25, 0.3) is 0 Å². The van der Waals surface area contributed by atoms with Crippen molar-refractivity contribution in [2.75, 3.05) is 5.75 Å². The monoisotopic (exact) mass is 412 g/mol. The first kappa shape index (κ1) is 19.2. The molecule has 1 amide bonds. The highest BCUT2D eigenvalue weighted by Gasteiger charge is 2.27. The van der Waals surface area contributed by atoms with Crippen LogP contribution in [0.2, 0.25) is 0 Å². The Labute approximate surface area is 173 Å². The molecule has 1 atom stereocenters. The number of nitrogens with one attached hydrogen (secondary N) is 2. The van der Waals surface area contributed by atoms with Gasteiger partial charge in [0.1, 0.15) is 5.82 Å². The molecule has 5 nitrogen and oxygen atoms in total. The van der Waals surface area contributed by atoms with Crippen LogP contribution in [0.15, 0.2) is 53.0 Å². The van der Waals surface area contributed by atoms with Crippen molar-refractivity contribution in [2.24, 2.45) is 5.92 Å². The molecule has 1 aromatic carbocycles. The molecular formula is C21H24N4OS2. The Hall–Kier alpha value is -2.12. The van der Waals surface area contributed by atoms with Gasteiger partial charge < -0.3 is 5.32 Å². The van der Waals surface area contributed by atoms with Gasteiger partial charge in [-0.2, -0.15) is 0 Å². The fourth-order valence-corrected chi connectivity index (χ4v) is 5.11. The topological polar surface area (TPSA) is 70.7 Å². The van der Waals surface area contributed by atoms with E-state index in [1.807, 2.05) is 24.3 Å². The first-order valence-electron chi connectivity index (χ1n) is 9.69. The van der Waals surface area contributed by atoms with Crippen LogP contribution in [0.1, 0.15) is 48.0 Å². The van der Waals surface area contributed by atoms with E-state index in [2.05, 4.69) is 44.1 Å². The van der Waals surface area contributed by atoms with Crippen LogP contribution in [-0.2, 0) is 11.2 Å². The Bertz CT molecular complexity index is 873. The predicted octanol–water partition coefficient (Wildman–Crippen LogP) is 4.60. The number of aromatic amines is 1. The van der Waals surface area contributed by atoms with Crippen molar-refractivity contribution in [2.45, 2.75) is 43.3 Å². The number of carbonyl (C=O) groups excluding carboxylic acids is 1. The number of nitrogens with zero attached hydrogens (tertiary/aromatic N) is 2. The average Bonchev–Trinajstić information content (AvgIpc) is 3.49. The largest absolute Gasteiger partial charge is 0.348 e. The summed E-state index contributed by atoms with van der Waals surface area (Å²) in [6.45, 7) is 0. The fourth-order valence-electron chi connectivity index (χ4n) is 3.77. The molecule has 3 aromatic rings. The minimum Gasteiger partial charge on any atom is -0.348 e. The first-order chi connectivity index (χ1) is 13.8. The molecule has 4 rings (SSSR count). The number of H-pyrrole nitrogens is 1. The molecule has 1 aliphatic carbocycles. The Balaban J connectivity index is 1.33. The van der Waals surface area contributed by atoms with Crippen molar-refractivity contribution < 1.29 is 4.79 Å². The molecule has 1 aliphatic rings. The summed E-state index contributed by atoms with van der Waals surface area (Å²) in [7, 11) is 0. The van der Waals surface area contributed by atoms with E-state index >= 15 is 0 Å². The van der Waals surface area contributed by atoms with Crippen LogP contribution in [0.4, 0.5) is 0 Å². The van der Waals surface area contributed by atoms with E-state index in [1.165, 1.54) is 47.9 Å². The Morgan fingerprint density at radius 2 is 2.04 bits per heavy atom. The standard InChI is InChI=1S/C21H24N4OS2/c26-19(14-28-21-22-18(24-25-21)13-17-11-6-12-27-17)23-20(16-9-4-5-10-16)15-7-2-1-3-8-15/h1-3,6-8,11-12,16,20H,4-5,9-10,13-14H2,(H,23,26)(H,22,24,25). The molecule has 1 unspecified atom stereocenters. The summed E-state index contributed by atoms with van der Waals surface area (Å²) in [4.78, 5) is 18.4. The minimum absolute atomic E-state index is 0.0374. The van der Waals surface area contributed by atoms with Gasteiger partial charge in [0.05, 0.1) is 11.8 Å². The summed E-state index contributed by atoms with van der Waals surface area (Å²) >= 11 is 3.08. The second-order valence-electron chi connectivity index (χ2n) is 7.11. The average molecular weight is 413 g/mol. The zero-order chi connectivity index (χ0) is 19.2. The maximum absolute atomic E-state index is 12.6. The lowest BCUT2D eigenvalue weighted by Gasteiger charge is -2.25. The van der Waals surface area contributed by atoms with E-state index in [0.717, 1.165) is 12.2 Å². The smallest absolute Gasteiger partial charge is 0.230 e. The Kier molecular flexibility index (Phi) is 6.44. The lowest BCUT2D eigenvalue weighted by Crippen LogP contribution is -2.33. The number of aromatic nitrogens is 3. The van der Waals surface area contributed by atoms with Gasteiger partial charge in [-0.05, 0) is 35.8 Å². The van der Waals surface area contributed by atoms with Gasteiger partial charge in [-0.15, -0.1) is 16.4 Å². The molecule has 0 aliphatic heterocycles. The summed E-state index contributed by atoms with van der Waals surface area (Å²) < 4.78 is 0. The van der Waals surface area contributed by atoms with E-state index in [-0.39, 0.29) is 11.9 Å². The normalized spacial score (nSPS) is 15.6. The third-order valence-electron chi connectivity index (χ3n) is 5.11. The molecule has 2 N–H and O–H groups in total. The highest BCUT2D eigenvalue weighted by atomic mass is 32.2. The lowest BCUT2D eigenvalue weighted by atomic mass is 9.91. The van der Waals surface area contributed by atoms with E-state index < -0.39 is 0 Å². The van der Waals surface area contributed by atoms with Crippen molar-refractivity contribution >= 4 is 29.0 Å². The number of hydrogen-bond acceptors (Lipinski definition) is 5. The summed E-state index contributed by atoms with van der Waals surface area (Å²) in [5.74, 6) is 1.72. The van der Waals surface area contributed by atoms with Gasteiger partial charge in [-0.25, -0.2) is 4.98 Å². The number of amides is 1. The van der Waals surface area contributed by atoms with Gasteiger partial charge in [0.2, 0.25) is 11.1 Å². The van der Waals surface area contributed by atoms with Crippen LogP contribution in [0.25, 0.3) is 0 Å². The molecule has 0 bridgehead atoms.